The van der Waals surface area contributed by atoms with E-state index >= 15 is 0 Å². The van der Waals surface area contributed by atoms with E-state index in [9.17, 15) is 0 Å². The molecule has 6 rings (SSSR count). The highest BCUT2D eigenvalue weighted by Crippen LogP contribution is 2.62. The van der Waals surface area contributed by atoms with Crippen LogP contribution >= 0.6 is 69.7 Å². The van der Waals surface area contributed by atoms with Crippen LogP contribution in [0.2, 0.25) is 0 Å². The van der Waals surface area contributed by atoms with Gasteiger partial charge in [0.2, 0.25) is 0 Å². The molecule has 0 aromatic carbocycles. The van der Waals surface area contributed by atoms with Gasteiger partial charge in [0.05, 0.1) is 38.5 Å². The van der Waals surface area contributed by atoms with E-state index in [2.05, 4.69) is 199 Å². The van der Waals surface area contributed by atoms with Crippen molar-refractivity contribution in [3.8, 4) is 0 Å². The molecular weight excluding hydrogens is 1010 g/mol. The summed E-state index contributed by atoms with van der Waals surface area (Å²) in [6, 6.07) is 0. The lowest BCUT2D eigenvalue weighted by atomic mass is 9.61. The summed E-state index contributed by atoms with van der Waals surface area (Å²) in [5.41, 5.74) is 8.98. The summed E-state index contributed by atoms with van der Waals surface area (Å²) in [5, 5.41) is 0. The van der Waals surface area contributed by atoms with Crippen LogP contribution in [0.15, 0.2) is 95.2 Å². The van der Waals surface area contributed by atoms with Crippen LogP contribution < -0.4 is 0 Å². The van der Waals surface area contributed by atoms with Crippen molar-refractivity contribution in [1.29, 1.82) is 0 Å². The molecule has 0 amide bonds. The summed E-state index contributed by atoms with van der Waals surface area (Å²) in [6.45, 7) is 36.9. The molecule has 20 atom stereocenters. The van der Waals surface area contributed by atoms with Crippen LogP contribution in [0.4, 0.5) is 0 Å². The van der Waals surface area contributed by atoms with E-state index in [1.165, 1.54) is 86.5 Å². The van der Waals surface area contributed by atoms with Gasteiger partial charge in [-0.1, -0.05) is 164 Å². The molecule has 6 aliphatic rings. The van der Waals surface area contributed by atoms with E-state index in [0.29, 0.717) is 58.2 Å². The highest BCUT2D eigenvalue weighted by atomic mass is 32.4. The van der Waals surface area contributed by atoms with E-state index in [4.69, 9.17) is 18.1 Å². The molecule has 6 saturated carbocycles. The third kappa shape index (κ3) is 15.7. The lowest BCUT2D eigenvalue weighted by Crippen LogP contribution is -2.35. The van der Waals surface area contributed by atoms with Crippen LogP contribution in [0.1, 0.15) is 173 Å². The largest absolute Gasteiger partial charge is 0.358 e. The lowest BCUT2D eigenvalue weighted by molar-refractivity contribution is 0.0916. The molecule has 0 aliphatic heterocycles. The number of allylic oxidation sites excluding steroid dienone is 8. The first-order valence-corrected chi connectivity index (χ1v) is 36.9. The zero-order valence-electron chi connectivity index (χ0n) is 45.9. The molecule has 0 bridgehead atoms. The average molecular weight is 1110 g/mol. The second kappa shape index (κ2) is 27.2. The molecule has 6 aliphatic carbocycles. The number of hydrogen-bond donors (Lipinski definition) is 0. The van der Waals surface area contributed by atoms with Gasteiger partial charge in [-0.2, -0.15) is 0 Å². The highest BCUT2D eigenvalue weighted by molar-refractivity contribution is 8.41. The van der Waals surface area contributed by atoms with Gasteiger partial charge < -0.3 is 18.1 Å². The minimum Gasteiger partial charge on any atom is -0.358 e. The van der Waals surface area contributed by atoms with Crippen LogP contribution in [0.25, 0.3) is 0 Å². The molecule has 0 heterocycles. The summed E-state index contributed by atoms with van der Waals surface area (Å²) < 4.78 is 23.7. The van der Waals surface area contributed by atoms with Crippen molar-refractivity contribution in [1.82, 2.24) is 0 Å². The van der Waals surface area contributed by atoms with Crippen LogP contribution in [0.3, 0.4) is 0 Å². The highest BCUT2D eigenvalue weighted by Gasteiger charge is 2.51. The summed E-state index contributed by atoms with van der Waals surface area (Å²) in [6.07, 6.45) is 37.4. The Balaban J connectivity index is 0.000000261. The van der Waals surface area contributed by atoms with Gasteiger partial charge in [-0.25, -0.2) is 0 Å². The quantitative estimate of drug-likeness (QED) is 0.114. The van der Waals surface area contributed by atoms with Crippen LogP contribution in [-0.2, 0) is 18.1 Å². The maximum absolute atomic E-state index is 6.19. The maximum Gasteiger partial charge on any atom is 0.0860 e. The first-order chi connectivity index (χ1) is 32.8. The van der Waals surface area contributed by atoms with E-state index in [1.54, 1.807) is 11.1 Å². The van der Waals surface area contributed by atoms with E-state index in [0.717, 1.165) is 37.5 Å². The minimum atomic E-state index is -0.522. The Morgan fingerprint density at radius 1 is 0.586 bits per heavy atom. The molecule has 396 valence electrons. The van der Waals surface area contributed by atoms with Crippen LogP contribution in [0.5, 0.6) is 0 Å². The average Bonchev–Trinajstić information content (AvgIpc) is 3.84. The molecule has 70 heavy (non-hydrogen) atoms. The van der Waals surface area contributed by atoms with Gasteiger partial charge in [0.15, 0.2) is 0 Å². The molecule has 0 N–H and O–H groups in total. The van der Waals surface area contributed by atoms with Gasteiger partial charge in [-0.3, -0.25) is 0 Å². The molecule has 10 unspecified atom stereocenters. The van der Waals surface area contributed by atoms with Crippen molar-refractivity contribution >= 4 is 69.7 Å². The summed E-state index contributed by atoms with van der Waals surface area (Å²) >= 11 is 0. The standard InChI is InChI=1S/2C29H50O2P4/c2*1-19-17-24(22(4)27(18-19)30-32)13-12-23-9-8-16-29(7)25(14-15-26(23)29)20(2)10-11-21(3)28(5,6)31-35(33)34/h2*10-13,19-21,25-27H,4,8-9,14-18,32-34H2,1-3,5-7H3/b11-10+,23-12+,24-13-;11-10-,23-12+,24-13-/t2*19-,20-,21?,25?,26+,27+,29-/m11/s1. The first kappa shape index (κ1) is 62.0. The molecule has 0 spiro atoms. The normalized spacial score (nSPS) is 36.3. The van der Waals surface area contributed by atoms with Gasteiger partial charge in [-0.05, 0) is 198 Å². The van der Waals surface area contributed by atoms with Crippen molar-refractivity contribution in [2.24, 2.45) is 70.0 Å². The minimum absolute atomic E-state index is 0.144. The van der Waals surface area contributed by atoms with E-state index < -0.39 is 15.1 Å². The summed E-state index contributed by atoms with van der Waals surface area (Å²) in [5.74, 6) is 6.17. The van der Waals surface area contributed by atoms with Crippen molar-refractivity contribution in [2.45, 2.75) is 196 Å². The Hall–Kier alpha value is 1.20. The third-order valence-electron chi connectivity index (χ3n) is 18.9. The predicted octanol–water partition coefficient (Wildman–Crippen LogP) is 19.6. The van der Waals surface area contributed by atoms with Gasteiger partial charge >= 0.3 is 0 Å². The third-order valence-corrected chi connectivity index (χ3v) is 22.2. The number of fused-ring (bicyclic) bond motifs is 2. The van der Waals surface area contributed by atoms with Crippen LogP contribution in [-0.4, -0.2) is 23.4 Å². The van der Waals surface area contributed by atoms with E-state index in [-0.39, 0.29) is 23.4 Å². The molecule has 4 nitrogen and oxygen atoms in total. The van der Waals surface area contributed by atoms with Gasteiger partial charge in [0.25, 0.3) is 0 Å². The Morgan fingerprint density at radius 2 is 0.943 bits per heavy atom. The Kier molecular flexibility index (Phi) is 24.1. The van der Waals surface area contributed by atoms with Crippen molar-refractivity contribution in [2.75, 3.05) is 0 Å². The monoisotopic (exact) mass is 1110 g/mol. The van der Waals surface area contributed by atoms with Gasteiger partial charge in [-0.15, -0.1) is 0 Å². The Bertz CT molecular complexity index is 1830. The molecule has 0 aromatic heterocycles. The van der Waals surface area contributed by atoms with Crippen LogP contribution in [0, 0.1) is 70.0 Å². The van der Waals surface area contributed by atoms with Gasteiger partial charge in [0, 0.05) is 30.8 Å². The first-order valence-electron chi connectivity index (χ1n) is 27.0. The second-order valence-electron chi connectivity index (χ2n) is 24.6. The predicted molar refractivity (Wildman–Crippen MR) is 331 cm³/mol. The molecular formula is C58H100O4P8. The fraction of sp³-hybridized carbons (Fsp3) is 0.724. The Morgan fingerprint density at radius 3 is 1.27 bits per heavy atom. The summed E-state index contributed by atoms with van der Waals surface area (Å²) in [7, 11) is 15.0. The maximum atomic E-state index is 6.19. The number of rotatable bonds is 16. The fourth-order valence-corrected chi connectivity index (χ4v) is 19.3. The fourth-order valence-electron chi connectivity index (χ4n) is 14.1. The molecule has 0 saturated heterocycles. The van der Waals surface area contributed by atoms with E-state index in [1.807, 2.05) is 0 Å². The topological polar surface area (TPSA) is 36.9 Å². The summed E-state index contributed by atoms with van der Waals surface area (Å²) in [4.78, 5) is 0. The van der Waals surface area contributed by atoms with Crippen molar-refractivity contribution in [3.63, 3.8) is 0 Å². The smallest absolute Gasteiger partial charge is 0.0860 e. The zero-order chi connectivity index (χ0) is 51.9. The lowest BCUT2D eigenvalue weighted by Gasteiger charge is -2.44. The zero-order valence-corrected chi connectivity index (χ0v) is 54.6. The van der Waals surface area contributed by atoms with Crippen molar-refractivity contribution < 1.29 is 18.1 Å². The second-order valence-corrected chi connectivity index (χ2v) is 36.7. The van der Waals surface area contributed by atoms with Crippen molar-refractivity contribution in [3.05, 3.63) is 95.2 Å². The van der Waals surface area contributed by atoms with Gasteiger partial charge in [0.1, 0.15) is 0 Å². The SMILES string of the molecule is C=C1/C(=C\C=C2/CCC[C@]3(C)C([C@H](C)/C=C/C(C)C(C)(C)OP(P)P)CC[C@@H]23)C[C@@H](C)C[C@@H]1OP.C=C1/C(=C\C=C2/CCC[C@]3(C)C([C@H](C)/C=C\C(C)C(C)(C)OP(P)P)CC[C@@H]23)C[C@@H](C)C[C@@H]1OP. The Labute approximate surface area is 446 Å². The molecule has 12 heteroatoms. The number of hydrogen-bond acceptors (Lipinski definition) is 4. The molecule has 0 radical (unpaired) electrons. The molecule has 0 aromatic rings. The molecule has 6 fully saturated rings.